The van der Waals surface area contributed by atoms with Gasteiger partial charge in [-0.15, -0.1) is 0 Å². The number of benzene rings is 1. The quantitative estimate of drug-likeness (QED) is 0.870. The SMILES string of the molecule is CC(N)Cc1ccc(Cc2ccncc2)cc1. The molecule has 0 aliphatic rings. The maximum atomic E-state index is 5.78. The van der Waals surface area contributed by atoms with E-state index in [0.717, 1.165) is 12.8 Å². The van der Waals surface area contributed by atoms with Crippen LogP contribution in [0.1, 0.15) is 23.6 Å². The lowest BCUT2D eigenvalue weighted by atomic mass is 10.0. The topological polar surface area (TPSA) is 38.9 Å². The number of nitrogens with two attached hydrogens (primary N) is 1. The van der Waals surface area contributed by atoms with E-state index in [0.29, 0.717) is 0 Å². The summed E-state index contributed by atoms with van der Waals surface area (Å²) in [6.45, 7) is 2.03. The van der Waals surface area contributed by atoms with Gasteiger partial charge in [-0.1, -0.05) is 24.3 Å². The van der Waals surface area contributed by atoms with Crippen molar-refractivity contribution in [2.24, 2.45) is 5.73 Å². The van der Waals surface area contributed by atoms with Gasteiger partial charge in [0, 0.05) is 18.4 Å². The lowest BCUT2D eigenvalue weighted by molar-refractivity contribution is 0.738. The molecule has 2 nitrogen and oxygen atoms in total. The number of hydrogen-bond donors (Lipinski definition) is 1. The van der Waals surface area contributed by atoms with Crippen molar-refractivity contribution in [3.8, 4) is 0 Å². The monoisotopic (exact) mass is 226 g/mol. The molecular weight excluding hydrogens is 208 g/mol. The molecule has 17 heavy (non-hydrogen) atoms. The Morgan fingerprint density at radius 2 is 1.47 bits per heavy atom. The van der Waals surface area contributed by atoms with Crippen molar-refractivity contribution in [2.45, 2.75) is 25.8 Å². The molecule has 1 unspecified atom stereocenters. The zero-order chi connectivity index (χ0) is 12.1. The van der Waals surface area contributed by atoms with Crippen LogP contribution in [0.15, 0.2) is 48.8 Å². The summed E-state index contributed by atoms with van der Waals surface area (Å²) in [5.74, 6) is 0. The first kappa shape index (κ1) is 11.8. The Hall–Kier alpha value is -1.67. The molecule has 0 spiro atoms. The number of nitrogens with zero attached hydrogens (tertiary/aromatic N) is 1. The first-order valence-corrected chi connectivity index (χ1v) is 5.96. The van der Waals surface area contributed by atoms with Crippen molar-refractivity contribution in [3.05, 3.63) is 65.5 Å². The van der Waals surface area contributed by atoms with E-state index >= 15 is 0 Å². The first-order chi connectivity index (χ1) is 8.24. The second-order valence-electron chi connectivity index (χ2n) is 4.53. The minimum Gasteiger partial charge on any atom is -0.328 e. The smallest absolute Gasteiger partial charge is 0.0270 e. The third-order valence-electron chi connectivity index (χ3n) is 2.74. The van der Waals surface area contributed by atoms with Gasteiger partial charge < -0.3 is 5.73 Å². The van der Waals surface area contributed by atoms with Gasteiger partial charge in [0.1, 0.15) is 0 Å². The lowest BCUT2D eigenvalue weighted by Crippen LogP contribution is -2.17. The van der Waals surface area contributed by atoms with Crippen molar-refractivity contribution >= 4 is 0 Å². The molecule has 2 heteroatoms. The Balaban J connectivity index is 2.03. The van der Waals surface area contributed by atoms with E-state index in [4.69, 9.17) is 5.73 Å². The molecule has 2 N–H and O–H groups in total. The van der Waals surface area contributed by atoms with Gasteiger partial charge in [-0.25, -0.2) is 0 Å². The van der Waals surface area contributed by atoms with Gasteiger partial charge in [0.25, 0.3) is 0 Å². The molecular formula is C15H18N2. The minimum atomic E-state index is 0.223. The molecule has 1 atom stereocenters. The molecule has 0 saturated carbocycles. The Labute approximate surface area is 103 Å². The molecule has 0 saturated heterocycles. The summed E-state index contributed by atoms with van der Waals surface area (Å²) in [6.07, 6.45) is 5.57. The van der Waals surface area contributed by atoms with Gasteiger partial charge in [0.2, 0.25) is 0 Å². The Kier molecular flexibility index (Phi) is 3.89. The van der Waals surface area contributed by atoms with Crippen LogP contribution in [0.25, 0.3) is 0 Å². The third-order valence-corrected chi connectivity index (χ3v) is 2.74. The van der Waals surface area contributed by atoms with Crippen LogP contribution in [0.2, 0.25) is 0 Å². The van der Waals surface area contributed by atoms with Gasteiger partial charge in [-0.2, -0.15) is 0 Å². The summed E-state index contributed by atoms with van der Waals surface area (Å²) < 4.78 is 0. The zero-order valence-corrected chi connectivity index (χ0v) is 10.1. The highest BCUT2D eigenvalue weighted by Gasteiger charge is 1.99. The first-order valence-electron chi connectivity index (χ1n) is 5.96. The van der Waals surface area contributed by atoms with Gasteiger partial charge in [0.15, 0.2) is 0 Å². The van der Waals surface area contributed by atoms with Gasteiger partial charge in [-0.3, -0.25) is 4.98 Å². The van der Waals surface area contributed by atoms with E-state index in [9.17, 15) is 0 Å². The molecule has 88 valence electrons. The van der Waals surface area contributed by atoms with Crippen LogP contribution >= 0.6 is 0 Å². The number of hydrogen-bond acceptors (Lipinski definition) is 2. The van der Waals surface area contributed by atoms with Crippen molar-refractivity contribution in [1.82, 2.24) is 4.98 Å². The lowest BCUT2D eigenvalue weighted by Gasteiger charge is -2.06. The fourth-order valence-corrected chi connectivity index (χ4v) is 1.90. The Bertz CT molecular complexity index is 446. The molecule has 1 aromatic heterocycles. The highest BCUT2D eigenvalue weighted by atomic mass is 14.6. The molecule has 1 aromatic carbocycles. The second-order valence-corrected chi connectivity index (χ2v) is 4.53. The summed E-state index contributed by atoms with van der Waals surface area (Å²) in [4.78, 5) is 4.02. The van der Waals surface area contributed by atoms with Gasteiger partial charge >= 0.3 is 0 Å². The highest BCUT2D eigenvalue weighted by molar-refractivity contribution is 5.28. The van der Waals surface area contributed by atoms with Crippen molar-refractivity contribution in [2.75, 3.05) is 0 Å². The normalized spacial score (nSPS) is 12.4. The van der Waals surface area contributed by atoms with E-state index in [-0.39, 0.29) is 6.04 Å². The Morgan fingerprint density at radius 3 is 2.06 bits per heavy atom. The number of pyridine rings is 1. The van der Waals surface area contributed by atoms with E-state index in [2.05, 4.69) is 41.4 Å². The Morgan fingerprint density at radius 1 is 0.941 bits per heavy atom. The van der Waals surface area contributed by atoms with Crippen LogP contribution < -0.4 is 5.73 Å². The summed E-state index contributed by atoms with van der Waals surface area (Å²) in [5.41, 5.74) is 9.70. The average molecular weight is 226 g/mol. The second kappa shape index (κ2) is 5.60. The molecule has 0 amide bonds. The van der Waals surface area contributed by atoms with Crippen LogP contribution in [0.3, 0.4) is 0 Å². The summed E-state index contributed by atoms with van der Waals surface area (Å²) in [5, 5.41) is 0. The fourth-order valence-electron chi connectivity index (χ4n) is 1.90. The fraction of sp³-hybridized carbons (Fsp3) is 0.267. The predicted octanol–water partition coefficient (Wildman–Crippen LogP) is 2.56. The van der Waals surface area contributed by atoms with E-state index in [1.54, 1.807) is 0 Å². The average Bonchev–Trinajstić information content (AvgIpc) is 2.32. The molecule has 1 heterocycles. The largest absolute Gasteiger partial charge is 0.328 e. The zero-order valence-electron chi connectivity index (χ0n) is 10.1. The van der Waals surface area contributed by atoms with Gasteiger partial charge in [0.05, 0.1) is 0 Å². The number of rotatable bonds is 4. The summed E-state index contributed by atoms with van der Waals surface area (Å²) >= 11 is 0. The minimum absolute atomic E-state index is 0.223. The summed E-state index contributed by atoms with van der Waals surface area (Å²) in [7, 11) is 0. The molecule has 0 bridgehead atoms. The number of aromatic nitrogens is 1. The molecule has 0 radical (unpaired) electrons. The van der Waals surface area contributed by atoms with Crippen molar-refractivity contribution in [1.29, 1.82) is 0 Å². The standard InChI is InChI=1S/C15H18N2/c1-12(16)10-13-2-4-14(5-3-13)11-15-6-8-17-9-7-15/h2-9,12H,10-11,16H2,1H3. The van der Waals surface area contributed by atoms with Crippen LogP contribution in [-0.2, 0) is 12.8 Å². The third kappa shape index (κ3) is 3.68. The highest BCUT2D eigenvalue weighted by Crippen LogP contribution is 2.11. The van der Waals surface area contributed by atoms with Crippen LogP contribution in [-0.4, -0.2) is 11.0 Å². The van der Waals surface area contributed by atoms with E-state index in [1.807, 2.05) is 19.3 Å². The van der Waals surface area contributed by atoms with Crippen LogP contribution in [0.4, 0.5) is 0 Å². The molecule has 0 aliphatic carbocycles. The van der Waals surface area contributed by atoms with Crippen molar-refractivity contribution < 1.29 is 0 Å². The van der Waals surface area contributed by atoms with E-state index in [1.165, 1.54) is 16.7 Å². The van der Waals surface area contributed by atoms with Crippen molar-refractivity contribution in [3.63, 3.8) is 0 Å². The maximum absolute atomic E-state index is 5.78. The maximum Gasteiger partial charge on any atom is 0.0270 e. The molecule has 2 aromatic rings. The molecule has 2 rings (SSSR count). The van der Waals surface area contributed by atoms with Crippen LogP contribution in [0, 0.1) is 0 Å². The summed E-state index contributed by atoms with van der Waals surface area (Å²) in [6, 6.07) is 13.0. The predicted molar refractivity (Wildman–Crippen MR) is 70.8 cm³/mol. The molecule has 0 fully saturated rings. The van der Waals surface area contributed by atoms with E-state index < -0.39 is 0 Å². The molecule has 0 aliphatic heterocycles. The van der Waals surface area contributed by atoms with Crippen LogP contribution in [0.5, 0.6) is 0 Å². The van der Waals surface area contributed by atoms with Gasteiger partial charge in [-0.05, 0) is 48.6 Å².